The molecule has 2 rings (SSSR count). The second kappa shape index (κ2) is 9.60. The molecule has 0 aliphatic carbocycles. The van der Waals surface area contributed by atoms with Gasteiger partial charge < -0.3 is 9.47 Å². The number of rotatable bonds is 7. The Morgan fingerprint density at radius 1 is 1.11 bits per heavy atom. The molecule has 0 fully saturated rings. The average Bonchev–Trinajstić information content (AvgIpc) is 2.71. The zero-order valence-electron chi connectivity index (χ0n) is 15.5. The molecule has 10 heteroatoms. The van der Waals surface area contributed by atoms with Gasteiger partial charge in [0.15, 0.2) is 11.5 Å². The van der Waals surface area contributed by atoms with Gasteiger partial charge in [-0.25, -0.2) is 0 Å². The summed E-state index contributed by atoms with van der Waals surface area (Å²) in [5.74, 6) is -0.563. The lowest BCUT2D eigenvalue weighted by molar-refractivity contribution is -0.385. The maximum Gasteiger partial charge on any atom is 0.282 e. The molecule has 0 saturated heterocycles. The van der Waals surface area contributed by atoms with E-state index in [0.29, 0.717) is 23.0 Å². The van der Waals surface area contributed by atoms with Gasteiger partial charge in [-0.15, -0.1) is 11.8 Å². The highest BCUT2D eigenvalue weighted by Gasteiger charge is 2.21. The Balaban J connectivity index is 2.15. The van der Waals surface area contributed by atoms with Crippen LogP contribution >= 0.6 is 11.8 Å². The Bertz CT molecular complexity index is 903. The number of carbonyl (C=O) groups excluding carboxylic acids is 2. The summed E-state index contributed by atoms with van der Waals surface area (Å²) in [6, 6.07) is 8.73. The van der Waals surface area contributed by atoms with E-state index in [1.165, 1.54) is 43.1 Å². The fourth-order valence-corrected chi connectivity index (χ4v) is 2.76. The number of nitrogens with zero attached hydrogens (tertiary/aromatic N) is 1. The normalized spacial score (nSPS) is 10.1. The van der Waals surface area contributed by atoms with Gasteiger partial charge in [0.2, 0.25) is 0 Å². The number of nitro groups is 1. The van der Waals surface area contributed by atoms with Gasteiger partial charge in [-0.05, 0) is 43.5 Å². The van der Waals surface area contributed by atoms with Crippen molar-refractivity contribution in [2.45, 2.75) is 11.8 Å². The Morgan fingerprint density at radius 3 is 2.43 bits per heavy atom. The van der Waals surface area contributed by atoms with Crippen molar-refractivity contribution in [3.63, 3.8) is 0 Å². The highest BCUT2D eigenvalue weighted by Crippen LogP contribution is 2.28. The molecule has 0 atom stereocenters. The molecule has 2 amide bonds. The quantitative estimate of drug-likeness (QED) is 0.413. The number of hydrazine groups is 1. The fourth-order valence-electron chi connectivity index (χ4n) is 2.32. The van der Waals surface area contributed by atoms with Gasteiger partial charge in [0.05, 0.1) is 18.6 Å². The van der Waals surface area contributed by atoms with Crippen LogP contribution in [0.2, 0.25) is 0 Å². The van der Waals surface area contributed by atoms with Crippen LogP contribution in [-0.4, -0.2) is 36.7 Å². The number of ether oxygens (including phenoxy) is 2. The van der Waals surface area contributed by atoms with E-state index in [1.54, 1.807) is 18.4 Å². The van der Waals surface area contributed by atoms with E-state index in [-0.39, 0.29) is 16.8 Å². The largest absolute Gasteiger partial charge is 0.493 e. The van der Waals surface area contributed by atoms with E-state index >= 15 is 0 Å². The van der Waals surface area contributed by atoms with E-state index in [2.05, 4.69) is 10.9 Å². The Labute approximate surface area is 165 Å². The first-order chi connectivity index (χ1) is 13.4. The number of nitrogens with one attached hydrogen (secondary N) is 2. The molecule has 0 aromatic heterocycles. The van der Waals surface area contributed by atoms with E-state index < -0.39 is 16.7 Å². The maximum atomic E-state index is 12.4. The number of thioether (sulfide) groups is 1. The number of methoxy groups -OCH3 is 1. The van der Waals surface area contributed by atoms with E-state index in [1.807, 2.05) is 6.92 Å². The predicted molar refractivity (Wildman–Crippen MR) is 104 cm³/mol. The summed E-state index contributed by atoms with van der Waals surface area (Å²) in [4.78, 5) is 35.8. The number of benzene rings is 2. The summed E-state index contributed by atoms with van der Waals surface area (Å²) in [5.41, 5.74) is 4.15. The molecule has 148 valence electrons. The van der Waals surface area contributed by atoms with Crippen molar-refractivity contribution in [2.75, 3.05) is 20.0 Å². The SMILES string of the molecule is CCOc1ccc(C(=O)NNC(=O)c2cc(SC)ccc2[N+](=O)[O-])cc1OC. The summed E-state index contributed by atoms with van der Waals surface area (Å²) in [5, 5.41) is 11.1. The van der Waals surface area contributed by atoms with Gasteiger partial charge in [0, 0.05) is 16.5 Å². The first-order valence-electron chi connectivity index (χ1n) is 8.15. The Kier molecular flexibility index (Phi) is 7.21. The lowest BCUT2D eigenvalue weighted by atomic mass is 10.1. The summed E-state index contributed by atoms with van der Waals surface area (Å²) in [6.45, 7) is 2.26. The van der Waals surface area contributed by atoms with Crippen LogP contribution in [0.1, 0.15) is 27.6 Å². The highest BCUT2D eigenvalue weighted by atomic mass is 32.2. The number of amides is 2. The third-order valence-corrected chi connectivity index (χ3v) is 4.39. The van der Waals surface area contributed by atoms with Gasteiger partial charge in [-0.1, -0.05) is 0 Å². The number of carbonyl (C=O) groups is 2. The summed E-state index contributed by atoms with van der Waals surface area (Å²) in [6.07, 6.45) is 1.78. The Morgan fingerprint density at radius 2 is 1.82 bits per heavy atom. The van der Waals surface area contributed by atoms with E-state index in [4.69, 9.17) is 9.47 Å². The van der Waals surface area contributed by atoms with Gasteiger partial charge in [-0.2, -0.15) is 0 Å². The van der Waals surface area contributed by atoms with Crippen LogP contribution < -0.4 is 20.3 Å². The standard InChI is InChI=1S/C18H19N3O6S/c1-4-27-15-8-5-11(9-16(15)26-2)17(22)19-20-18(23)13-10-12(28-3)6-7-14(13)21(24)25/h5-10H,4H2,1-3H3,(H,19,22)(H,20,23). The van der Waals surface area contributed by atoms with Crippen LogP contribution in [-0.2, 0) is 0 Å². The first-order valence-corrected chi connectivity index (χ1v) is 9.37. The van der Waals surface area contributed by atoms with Crippen molar-refractivity contribution < 1.29 is 24.0 Å². The fraction of sp³-hybridized carbons (Fsp3) is 0.222. The third kappa shape index (κ3) is 4.92. The van der Waals surface area contributed by atoms with Gasteiger partial charge in [0.25, 0.3) is 17.5 Å². The molecule has 28 heavy (non-hydrogen) atoms. The second-order valence-electron chi connectivity index (χ2n) is 5.35. The lowest BCUT2D eigenvalue weighted by Gasteiger charge is -2.12. The minimum absolute atomic E-state index is 0.151. The summed E-state index contributed by atoms with van der Waals surface area (Å²) < 4.78 is 10.6. The monoisotopic (exact) mass is 405 g/mol. The Hall–Kier alpha value is -3.27. The first kappa shape index (κ1) is 21.0. The molecule has 0 saturated carbocycles. The molecule has 9 nitrogen and oxygen atoms in total. The van der Waals surface area contributed by atoms with Crippen molar-refractivity contribution >= 4 is 29.3 Å². The zero-order chi connectivity index (χ0) is 20.7. The molecule has 0 spiro atoms. The lowest BCUT2D eigenvalue weighted by Crippen LogP contribution is -2.41. The number of hydrogen-bond donors (Lipinski definition) is 2. The van der Waals surface area contributed by atoms with Crippen molar-refractivity contribution in [1.29, 1.82) is 0 Å². The smallest absolute Gasteiger partial charge is 0.282 e. The zero-order valence-corrected chi connectivity index (χ0v) is 16.3. The van der Waals surface area contributed by atoms with Crippen molar-refractivity contribution in [3.8, 4) is 11.5 Å². The highest BCUT2D eigenvalue weighted by molar-refractivity contribution is 7.98. The maximum absolute atomic E-state index is 12.4. The van der Waals surface area contributed by atoms with Crippen LogP contribution in [0, 0.1) is 10.1 Å². The molecule has 0 bridgehead atoms. The molecule has 2 N–H and O–H groups in total. The van der Waals surface area contributed by atoms with Gasteiger partial charge in [-0.3, -0.25) is 30.6 Å². The molecule has 0 heterocycles. The molecule has 2 aromatic carbocycles. The minimum Gasteiger partial charge on any atom is -0.493 e. The molecule has 2 aromatic rings. The molecule has 0 aliphatic rings. The van der Waals surface area contributed by atoms with E-state index in [0.717, 1.165) is 0 Å². The van der Waals surface area contributed by atoms with Crippen LogP contribution in [0.15, 0.2) is 41.3 Å². The molecular formula is C18H19N3O6S. The molecule has 0 unspecified atom stereocenters. The van der Waals surface area contributed by atoms with Crippen LogP contribution in [0.25, 0.3) is 0 Å². The van der Waals surface area contributed by atoms with Crippen LogP contribution in [0.3, 0.4) is 0 Å². The van der Waals surface area contributed by atoms with Crippen LogP contribution in [0.4, 0.5) is 5.69 Å². The summed E-state index contributed by atoms with van der Waals surface area (Å²) >= 11 is 1.34. The topological polar surface area (TPSA) is 120 Å². The summed E-state index contributed by atoms with van der Waals surface area (Å²) in [7, 11) is 1.44. The van der Waals surface area contributed by atoms with Crippen molar-refractivity contribution in [1.82, 2.24) is 10.9 Å². The minimum atomic E-state index is -0.797. The second-order valence-corrected chi connectivity index (χ2v) is 6.23. The van der Waals surface area contributed by atoms with Crippen molar-refractivity contribution in [3.05, 3.63) is 57.6 Å². The van der Waals surface area contributed by atoms with Gasteiger partial charge in [0.1, 0.15) is 5.56 Å². The predicted octanol–water partition coefficient (Wildman–Crippen LogP) is 2.80. The number of hydrogen-bond acceptors (Lipinski definition) is 7. The molecule has 0 radical (unpaired) electrons. The molecule has 0 aliphatic heterocycles. The number of nitro benzene ring substituents is 1. The van der Waals surface area contributed by atoms with Crippen LogP contribution in [0.5, 0.6) is 11.5 Å². The van der Waals surface area contributed by atoms with Gasteiger partial charge >= 0.3 is 0 Å². The molecular weight excluding hydrogens is 386 g/mol. The average molecular weight is 405 g/mol. The van der Waals surface area contributed by atoms with Crippen molar-refractivity contribution in [2.24, 2.45) is 0 Å². The third-order valence-electron chi connectivity index (χ3n) is 3.66. The van der Waals surface area contributed by atoms with E-state index in [9.17, 15) is 19.7 Å².